The molecular formula is C15H19N3OS. The fourth-order valence-corrected chi connectivity index (χ4v) is 3.84. The molecule has 1 aromatic carbocycles. The molecule has 3 rings (SSSR count). The van der Waals surface area contributed by atoms with E-state index in [1.54, 1.807) is 18.3 Å². The standard InChI is InChI=1S/C15H19N3OS/c1-10(16)15(19)18-8-6-11(7-9-18)14-17-12-4-2-3-5-13(12)20-14/h2-5,10-11H,6-9,16H2,1H3/t10-/m0/s1. The van der Waals surface area contributed by atoms with Crippen molar-refractivity contribution in [2.45, 2.75) is 31.7 Å². The van der Waals surface area contributed by atoms with Gasteiger partial charge >= 0.3 is 0 Å². The number of nitrogens with zero attached hydrogens (tertiary/aromatic N) is 2. The van der Waals surface area contributed by atoms with Crippen molar-refractivity contribution in [1.82, 2.24) is 9.88 Å². The first-order chi connectivity index (χ1) is 9.65. The zero-order chi connectivity index (χ0) is 14.1. The van der Waals surface area contributed by atoms with Crippen LogP contribution in [0.2, 0.25) is 0 Å². The summed E-state index contributed by atoms with van der Waals surface area (Å²) in [6, 6.07) is 7.85. The van der Waals surface area contributed by atoms with E-state index in [-0.39, 0.29) is 5.91 Å². The average molecular weight is 289 g/mol. The Morgan fingerprint density at radius 3 is 2.75 bits per heavy atom. The summed E-state index contributed by atoms with van der Waals surface area (Å²) in [6.45, 7) is 3.34. The highest BCUT2D eigenvalue weighted by atomic mass is 32.1. The normalized spacial score (nSPS) is 18.4. The maximum atomic E-state index is 11.9. The van der Waals surface area contributed by atoms with Gasteiger partial charge in [0.1, 0.15) is 0 Å². The minimum absolute atomic E-state index is 0.0627. The first kappa shape index (κ1) is 13.5. The third kappa shape index (κ3) is 2.55. The molecule has 0 unspecified atom stereocenters. The van der Waals surface area contributed by atoms with Crippen LogP contribution in [0.15, 0.2) is 24.3 Å². The summed E-state index contributed by atoms with van der Waals surface area (Å²) in [5.74, 6) is 0.539. The molecule has 0 aliphatic carbocycles. The van der Waals surface area contributed by atoms with E-state index in [0.29, 0.717) is 5.92 Å². The Hall–Kier alpha value is -1.46. The molecule has 1 aliphatic rings. The molecule has 0 radical (unpaired) electrons. The molecule has 1 fully saturated rings. The minimum Gasteiger partial charge on any atom is -0.341 e. The van der Waals surface area contributed by atoms with Gasteiger partial charge in [-0.3, -0.25) is 4.79 Å². The summed E-state index contributed by atoms with van der Waals surface area (Å²) in [5, 5.41) is 1.21. The van der Waals surface area contributed by atoms with Crippen molar-refractivity contribution in [2.24, 2.45) is 5.73 Å². The lowest BCUT2D eigenvalue weighted by molar-refractivity contribution is -0.133. The lowest BCUT2D eigenvalue weighted by Gasteiger charge is -2.32. The topological polar surface area (TPSA) is 59.2 Å². The molecule has 0 bridgehead atoms. The first-order valence-corrected chi connectivity index (χ1v) is 7.86. The van der Waals surface area contributed by atoms with Crippen LogP contribution in [0, 0.1) is 0 Å². The Balaban J connectivity index is 1.70. The van der Waals surface area contributed by atoms with Crippen molar-refractivity contribution < 1.29 is 4.79 Å². The molecule has 1 saturated heterocycles. The van der Waals surface area contributed by atoms with Crippen LogP contribution in [0.4, 0.5) is 0 Å². The van der Waals surface area contributed by atoms with Crippen LogP contribution in [0.3, 0.4) is 0 Å². The molecule has 4 nitrogen and oxygen atoms in total. The average Bonchev–Trinajstić information content (AvgIpc) is 2.90. The smallest absolute Gasteiger partial charge is 0.239 e. The van der Waals surface area contributed by atoms with Crippen molar-refractivity contribution in [1.29, 1.82) is 0 Å². The first-order valence-electron chi connectivity index (χ1n) is 7.05. The maximum Gasteiger partial charge on any atom is 0.239 e. The molecule has 5 heteroatoms. The van der Waals surface area contributed by atoms with Crippen LogP contribution in [-0.4, -0.2) is 34.9 Å². The lowest BCUT2D eigenvalue weighted by Crippen LogP contribution is -2.45. The van der Waals surface area contributed by atoms with Gasteiger partial charge in [0, 0.05) is 19.0 Å². The Morgan fingerprint density at radius 2 is 2.10 bits per heavy atom. The number of nitrogens with two attached hydrogens (primary N) is 1. The molecule has 2 N–H and O–H groups in total. The molecule has 1 atom stereocenters. The molecule has 1 aromatic heterocycles. The molecule has 20 heavy (non-hydrogen) atoms. The number of thiazole rings is 1. The minimum atomic E-state index is -0.394. The van der Waals surface area contributed by atoms with E-state index in [0.717, 1.165) is 31.4 Å². The van der Waals surface area contributed by atoms with Crippen molar-refractivity contribution in [3.63, 3.8) is 0 Å². The van der Waals surface area contributed by atoms with E-state index in [4.69, 9.17) is 10.7 Å². The molecule has 2 heterocycles. The predicted octanol–water partition coefficient (Wildman–Crippen LogP) is 2.35. The van der Waals surface area contributed by atoms with E-state index in [2.05, 4.69) is 12.1 Å². The highest BCUT2D eigenvalue weighted by Gasteiger charge is 2.26. The number of hydrogen-bond donors (Lipinski definition) is 1. The van der Waals surface area contributed by atoms with Crippen LogP contribution in [-0.2, 0) is 4.79 Å². The van der Waals surface area contributed by atoms with Gasteiger partial charge in [-0.1, -0.05) is 12.1 Å². The second-order valence-electron chi connectivity index (χ2n) is 5.41. The predicted molar refractivity (Wildman–Crippen MR) is 81.8 cm³/mol. The van der Waals surface area contributed by atoms with Gasteiger partial charge in [0.15, 0.2) is 0 Å². The summed E-state index contributed by atoms with van der Waals surface area (Å²) in [7, 11) is 0. The Labute approximate surface area is 122 Å². The molecule has 2 aromatic rings. The fraction of sp³-hybridized carbons (Fsp3) is 0.467. The number of amides is 1. The second kappa shape index (κ2) is 5.50. The zero-order valence-corrected chi connectivity index (χ0v) is 12.4. The summed E-state index contributed by atoms with van der Waals surface area (Å²) in [6.07, 6.45) is 1.97. The Kier molecular flexibility index (Phi) is 3.72. The number of fused-ring (bicyclic) bond motifs is 1. The van der Waals surface area contributed by atoms with Crippen LogP contribution < -0.4 is 5.73 Å². The third-order valence-electron chi connectivity index (χ3n) is 3.86. The largest absolute Gasteiger partial charge is 0.341 e. The van der Waals surface area contributed by atoms with Crippen molar-refractivity contribution in [3.8, 4) is 0 Å². The fourth-order valence-electron chi connectivity index (χ4n) is 2.70. The molecular weight excluding hydrogens is 270 g/mol. The zero-order valence-electron chi connectivity index (χ0n) is 11.6. The van der Waals surface area contributed by atoms with Gasteiger partial charge in [0.25, 0.3) is 0 Å². The van der Waals surface area contributed by atoms with Gasteiger partial charge in [0.2, 0.25) is 5.91 Å². The number of likely N-dealkylation sites (tertiary alicyclic amines) is 1. The van der Waals surface area contributed by atoms with Gasteiger partial charge in [-0.2, -0.15) is 0 Å². The van der Waals surface area contributed by atoms with Crippen molar-refractivity contribution in [2.75, 3.05) is 13.1 Å². The van der Waals surface area contributed by atoms with E-state index in [1.807, 2.05) is 17.0 Å². The van der Waals surface area contributed by atoms with Crippen molar-refractivity contribution >= 4 is 27.5 Å². The molecule has 1 amide bonds. The lowest BCUT2D eigenvalue weighted by atomic mass is 9.97. The number of carbonyl (C=O) groups excluding carboxylic acids is 1. The maximum absolute atomic E-state index is 11.9. The van der Waals surface area contributed by atoms with E-state index in [9.17, 15) is 4.79 Å². The van der Waals surface area contributed by atoms with E-state index in [1.165, 1.54) is 9.71 Å². The SMILES string of the molecule is C[C@H](N)C(=O)N1CCC(c2nc3ccccc3s2)CC1. The van der Waals surface area contributed by atoms with E-state index >= 15 is 0 Å². The number of rotatable bonds is 2. The monoisotopic (exact) mass is 289 g/mol. The van der Waals surface area contributed by atoms with Gasteiger partial charge < -0.3 is 10.6 Å². The number of para-hydroxylation sites is 1. The number of carbonyl (C=O) groups is 1. The van der Waals surface area contributed by atoms with Crippen LogP contribution in [0.25, 0.3) is 10.2 Å². The van der Waals surface area contributed by atoms with Crippen molar-refractivity contribution in [3.05, 3.63) is 29.3 Å². The van der Waals surface area contributed by atoms with Gasteiger partial charge in [-0.25, -0.2) is 4.98 Å². The second-order valence-corrected chi connectivity index (χ2v) is 6.47. The third-order valence-corrected chi connectivity index (χ3v) is 5.05. The molecule has 1 aliphatic heterocycles. The molecule has 0 saturated carbocycles. The van der Waals surface area contributed by atoms with Gasteiger partial charge in [-0.05, 0) is 31.9 Å². The highest BCUT2D eigenvalue weighted by Crippen LogP contribution is 2.33. The summed E-state index contributed by atoms with van der Waals surface area (Å²) >= 11 is 1.78. The Morgan fingerprint density at radius 1 is 1.40 bits per heavy atom. The highest BCUT2D eigenvalue weighted by molar-refractivity contribution is 7.18. The molecule has 0 spiro atoms. The van der Waals surface area contributed by atoms with Crippen LogP contribution >= 0.6 is 11.3 Å². The quantitative estimate of drug-likeness (QED) is 0.923. The number of benzene rings is 1. The van der Waals surface area contributed by atoms with Gasteiger partial charge in [-0.15, -0.1) is 11.3 Å². The summed E-state index contributed by atoms with van der Waals surface area (Å²) in [4.78, 5) is 18.5. The van der Waals surface area contributed by atoms with Gasteiger partial charge in [0.05, 0.1) is 21.3 Å². The number of aromatic nitrogens is 1. The number of hydrogen-bond acceptors (Lipinski definition) is 4. The summed E-state index contributed by atoms with van der Waals surface area (Å²) < 4.78 is 1.25. The van der Waals surface area contributed by atoms with Crippen LogP contribution in [0.5, 0.6) is 0 Å². The van der Waals surface area contributed by atoms with Crippen LogP contribution in [0.1, 0.15) is 30.7 Å². The molecule has 106 valence electrons. The summed E-state index contributed by atoms with van der Waals surface area (Å²) in [5.41, 5.74) is 6.75. The van der Waals surface area contributed by atoms with E-state index < -0.39 is 6.04 Å². The number of piperidine rings is 1. The Bertz CT molecular complexity index is 581.